The zero-order valence-corrected chi connectivity index (χ0v) is 14.7. The number of alkyl halides is 1. The Balaban J connectivity index is 1.89. The Hall–Kier alpha value is -0.440. The molecule has 1 saturated heterocycles. The van der Waals surface area contributed by atoms with Crippen LogP contribution < -0.4 is 4.90 Å². The van der Waals surface area contributed by atoms with Crippen molar-refractivity contribution < 1.29 is 8.42 Å². The fourth-order valence-electron chi connectivity index (χ4n) is 2.14. The smallest absolute Gasteiger partial charge is 0.225 e. The number of piperazine rings is 1. The summed E-state index contributed by atoms with van der Waals surface area (Å²) < 4.78 is 26.7. The lowest BCUT2D eigenvalue weighted by molar-refractivity contribution is 0.382. The molecule has 6 nitrogen and oxygen atoms in total. The van der Waals surface area contributed by atoms with Crippen LogP contribution in [0.4, 0.5) is 5.95 Å². The largest absolute Gasteiger partial charge is 0.338 e. The number of anilines is 1. The highest BCUT2D eigenvalue weighted by Gasteiger charge is 2.27. The van der Waals surface area contributed by atoms with E-state index < -0.39 is 10.0 Å². The van der Waals surface area contributed by atoms with Crippen LogP contribution in [0.5, 0.6) is 0 Å². The lowest BCUT2D eigenvalue weighted by Crippen LogP contribution is -2.49. The molecule has 0 saturated carbocycles. The first-order chi connectivity index (χ1) is 10.0. The molecular formula is C12H18BrClN4O2S. The van der Waals surface area contributed by atoms with Crippen molar-refractivity contribution in [2.75, 3.05) is 42.7 Å². The van der Waals surface area contributed by atoms with Crippen molar-refractivity contribution in [3.05, 3.63) is 16.9 Å². The predicted molar refractivity (Wildman–Crippen MR) is 87.3 cm³/mol. The molecular weight excluding hydrogens is 380 g/mol. The van der Waals surface area contributed by atoms with Crippen molar-refractivity contribution in [1.82, 2.24) is 14.3 Å². The molecule has 1 aliphatic heterocycles. The normalized spacial score (nSPS) is 17.1. The zero-order chi connectivity index (χ0) is 15.3. The second kappa shape index (κ2) is 7.71. The van der Waals surface area contributed by atoms with E-state index in [1.807, 2.05) is 4.90 Å². The van der Waals surface area contributed by atoms with Gasteiger partial charge in [0.1, 0.15) is 0 Å². The first-order valence-electron chi connectivity index (χ1n) is 6.79. The summed E-state index contributed by atoms with van der Waals surface area (Å²) in [5, 5.41) is 0. The van der Waals surface area contributed by atoms with Crippen LogP contribution in [0.25, 0.3) is 0 Å². The number of sulfonamides is 1. The van der Waals surface area contributed by atoms with E-state index in [9.17, 15) is 8.42 Å². The first-order valence-corrected chi connectivity index (χ1v) is 9.73. The highest BCUT2D eigenvalue weighted by atomic mass is 79.9. The molecule has 0 amide bonds. The lowest BCUT2D eigenvalue weighted by atomic mass is 10.4. The minimum absolute atomic E-state index is 0.175. The minimum atomic E-state index is -3.17. The zero-order valence-electron chi connectivity index (χ0n) is 11.6. The Morgan fingerprint density at radius 2 is 1.76 bits per heavy atom. The van der Waals surface area contributed by atoms with Gasteiger partial charge in [-0.3, -0.25) is 0 Å². The summed E-state index contributed by atoms with van der Waals surface area (Å²) in [7, 11) is -3.17. The van der Waals surface area contributed by atoms with E-state index in [2.05, 4.69) is 25.9 Å². The second-order valence-corrected chi connectivity index (χ2v) is 8.18. The van der Waals surface area contributed by atoms with E-state index in [0.29, 0.717) is 44.4 Å². The van der Waals surface area contributed by atoms with Gasteiger partial charge >= 0.3 is 0 Å². The maximum absolute atomic E-state index is 12.2. The average molecular weight is 398 g/mol. The quantitative estimate of drug-likeness (QED) is 0.540. The van der Waals surface area contributed by atoms with Crippen LogP contribution >= 0.6 is 27.5 Å². The molecule has 21 heavy (non-hydrogen) atoms. The maximum Gasteiger partial charge on any atom is 0.225 e. The third-order valence-electron chi connectivity index (χ3n) is 3.31. The van der Waals surface area contributed by atoms with Crippen molar-refractivity contribution in [3.63, 3.8) is 0 Å². The monoisotopic (exact) mass is 396 g/mol. The second-order valence-electron chi connectivity index (χ2n) is 4.80. The maximum atomic E-state index is 12.2. The van der Waals surface area contributed by atoms with Gasteiger partial charge in [0.05, 0.1) is 10.2 Å². The Morgan fingerprint density at radius 1 is 1.14 bits per heavy atom. The Bertz CT molecular complexity index is 547. The summed E-state index contributed by atoms with van der Waals surface area (Å²) in [5.41, 5.74) is 0. The highest BCUT2D eigenvalue weighted by molar-refractivity contribution is 9.10. The number of halogens is 2. The van der Waals surface area contributed by atoms with Gasteiger partial charge in [-0.1, -0.05) is 0 Å². The van der Waals surface area contributed by atoms with E-state index >= 15 is 0 Å². The molecule has 0 bridgehead atoms. The summed E-state index contributed by atoms with van der Waals surface area (Å²) in [6, 6.07) is 0. The molecule has 0 radical (unpaired) electrons. The van der Waals surface area contributed by atoms with Crippen LogP contribution in [-0.2, 0) is 10.0 Å². The van der Waals surface area contributed by atoms with Gasteiger partial charge in [0.15, 0.2) is 0 Å². The Kier molecular flexibility index (Phi) is 6.21. The van der Waals surface area contributed by atoms with Crippen LogP contribution in [0.1, 0.15) is 12.8 Å². The van der Waals surface area contributed by atoms with E-state index in [-0.39, 0.29) is 5.75 Å². The molecule has 0 unspecified atom stereocenters. The van der Waals surface area contributed by atoms with Crippen molar-refractivity contribution >= 4 is 43.5 Å². The molecule has 9 heteroatoms. The van der Waals surface area contributed by atoms with Crippen LogP contribution in [0.15, 0.2) is 16.9 Å². The standard InChI is InChI=1S/C12H18BrClN4O2S/c13-11-9-15-12(16-10-11)17-4-6-18(7-5-17)21(19,20)8-2-1-3-14/h9-10H,1-8H2. The van der Waals surface area contributed by atoms with Crippen LogP contribution in [0.3, 0.4) is 0 Å². The molecule has 118 valence electrons. The third kappa shape index (κ3) is 4.77. The van der Waals surface area contributed by atoms with Crippen molar-refractivity contribution in [3.8, 4) is 0 Å². The SMILES string of the molecule is O=S(=O)(CCCCCl)N1CCN(c2ncc(Br)cn2)CC1. The van der Waals surface area contributed by atoms with Gasteiger partial charge in [0.2, 0.25) is 16.0 Å². The van der Waals surface area contributed by atoms with Gasteiger partial charge in [0.25, 0.3) is 0 Å². The van der Waals surface area contributed by atoms with Crippen molar-refractivity contribution in [2.45, 2.75) is 12.8 Å². The molecule has 0 aromatic carbocycles. The topological polar surface area (TPSA) is 66.4 Å². The summed E-state index contributed by atoms with van der Waals surface area (Å²) in [5.74, 6) is 1.32. The van der Waals surface area contributed by atoms with Crippen molar-refractivity contribution in [2.24, 2.45) is 0 Å². The molecule has 1 aliphatic rings. The first kappa shape index (κ1) is 16.9. The summed E-state index contributed by atoms with van der Waals surface area (Å²) >= 11 is 8.88. The predicted octanol–water partition coefficient (Wildman–Crippen LogP) is 1.71. The summed E-state index contributed by atoms with van der Waals surface area (Å²) in [6.07, 6.45) is 4.73. The summed E-state index contributed by atoms with van der Waals surface area (Å²) in [6.45, 7) is 2.16. The fourth-order valence-corrected chi connectivity index (χ4v) is 4.08. The van der Waals surface area contributed by atoms with Gasteiger partial charge in [-0.05, 0) is 28.8 Å². The molecule has 0 N–H and O–H groups in total. The number of hydrogen-bond donors (Lipinski definition) is 0. The minimum Gasteiger partial charge on any atom is -0.338 e. The van der Waals surface area contributed by atoms with Gasteiger partial charge in [-0.2, -0.15) is 4.31 Å². The highest BCUT2D eigenvalue weighted by Crippen LogP contribution is 2.15. The number of hydrogen-bond acceptors (Lipinski definition) is 5. The molecule has 2 rings (SSSR count). The number of aromatic nitrogens is 2. The molecule has 0 aliphatic carbocycles. The Morgan fingerprint density at radius 3 is 2.33 bits per heavy atom. The fraction of sp³-hybridized carbons (Fsp3) is 0.667. The molecule has 0 atom stereocenters. The lowest BCUT2D eigenvalue weighted by Gasteiger charge is -2.33. The van der Waals surface area contributed by atoms with Gasteiger partial charge in [-0.25, -0.2) is 18.4 Å². The average Bonchev–Trinajstić information content (AvgIpc) is 2.48. The van der Waals surface area contributed by atoms with Crippen molar-refractivity contribution in [1.29, 1.82) is 0 Å². The Labute approximate surface area is 138 Å². The molecule has 1 aromatic rings. The van der Waals surface area contributed by atoms with Crippen LogP contribution in [0, 0.1) is 0 Å². The van der Waals surface area contributed by atoms with E-state index in [1.165, 1.54) is 0 Å². The van der Waals surface area contributed by atoms with Gasteiger partial charge in [0, 0.05) is 44.5 Å². The number of unbranched alkanes of at least 4 members (excludes halogenated alkanes) is 1. The van der Waals surface area contributed by atoms with Gasteiger partial charge in [-0.15, -0.1) is 11.6 Å². The van der Waals surface area contributed by atoms with E-state index in [0.717, 1.165) is 10.9 Å². The molecule has 0 spiro atoms. The molecule has 1 aromatic heterocycles. The summed E-state index contributed by atoms with van der Waals surface area (Å²) in [4.78, 5) is 10.5. The number of rotatable bonds is 6. The third-order valence-corrected chi connectivity index (χ3v) is 5.94. The van der Waals surface area contributed by atoms with Crippen LogP contribution in [0.2, 0.25) is 0 Å². The molecule has 2 heterocycles. The van der Waals surface area contributed by atoms with E-state index in [1.54, 1.807) is 16.7 Å². The van der Waals surface area contributed by atoms with E-state index in [4.69, 9.17) is 11.6 Å². The molecule has 1 fully saturated rings. The number of nitrogens with zero attached hydrogens (tertiary/aromatic N) is 4. The van der Waals surface area contributed by atoms with Gasteiger partial charge < -0.3 is 4.90 Å². The van der Waals surface area contributed by atoms with Crippen LogP contribution in [-0.4, -0.2) is 60.5 Å².